The van der Waals surface area contributed by atoms with Gasteiger partial charge in [-0.2, -0.15) is 0 Å². The number of carbonyl (C=O) groups excluding carboxylic acids is 1. The summed E-state index contributed by atoms with van der Waals surface area (Å²) in [7, 11) is 0. The number of benzene rings is 2. The van der Waals surface area contributed by atoms with Crippen molar-refractivity contribution in [2.24, 2.45) is 0 Å². The van der Waals surface area contributed by atoms with Crippen LogP contribution in [0.5, 0.6) is 0 Å². The molecule has 142 valence electrons. The fourth-order valence-corrected chi connectivity index (χ4v) is 3.48. The van der Waals surface area contributed by atoms with Gasteiger partial charge >= 0.3 is 5.97 Å². The van der Waals surface area contributed by atoms with Crippen molar-refractivity contribution in [2.75, 3.05) is 11.5 Å². The Kier molecular flexibility index (Phi) is 5.14. The number of hydrogen-bond acceptors (Lipinski definition) is 6. The first-order chi connectivity index (χ1) is 12.8. The molecule has 0 spiro atoms. The first kappa shape index (κ1) is 18.8. The highest BCUT2D eigenvalue weighted by atomic mass is 16.6. The second-order valence-corrected chi connectivity index (χ2v) is 6.74. The monoisotopic (exact) mass is 370 g/mol. The molecule has 0 N–H and O–H groups in total. The predicted octanol–water partition coefficient (Wildman–Crippen LogP) is 3.84. The molecule has 2 aromatic carbocycles. The van der Waals surface area contributed by atoms with Gasteiger partial charge in [0.2, 0.25) is 0 Å². The SMILES string of the molecule is CCOC(=O)C1OC(C)(C)N(c2ccc([N+](=O)[O-])cc2)C1c1ccccc1. The molecule has 0 radical (unpaired) electrons. The Morgan fingerprint density at radius 3 is 2.37 bits per heavy atom. The molecular weight excluding hydrogens is 348 g/mol. The third-order valence-electron chi connectivity index (χ3n) is 4.56. The highest BCUT2D eigenvalue weighted by Crippen LogP contribution is 2.45. The Balaban J connectivity index is 2.07. The molecule has 0 bridgehead atoms. The summed E-state index contributed by atoms with van der Waals surface area (Å²) in [6.45, 7) is 5.74. The van der Waals surface area contributed by atoms with Gasteiger partial charge in [0.25, 0.3) is 5.69 Å². The summed E-state index contributed by atoms with van der Waals surface area (Å²) in [5, 5.41) is 11.0. The quantitative estimate of drug-likeness (QED) is 0.452. The van der Waals surface area contributed by atoms with E-state index in [1.54, 1.807) is 19.1 Å². The lowest BCUT2D eigenvalue weighted by molar-refractivity contribution is -0.384. The molecular formula is C20H22N2O5. The Hall–Kier alpha value is -2.93. The second kappa shape index (κ2) is 7.36. The van der Waals surface area contributed by atoms with E-state index in [1.165, 1.54) is 12.1 Å². The maximum atomic E-state index is 12.6. The molecule has 1 heterocycles. The van der Waals surface area contributed by atoms with Crippen LogP contribution in [0.3, 0.4) is 0 Å². The van der Waals surface area contributed by atoms with Crippen LogP contribution in [0, 0.1) is 10.1 Å². The number of esters is 1. The van der Waals surface area contributed by atoms with Gasteiger partial charge < -0.3 is 14.4 Å². The minimum absolute atomic E-state index is 0.00914. The zero-order valence-corrected chi connectivity index (χ0v) is 15.5. The summed E-state index contributed by atoms with van der Waals surface area (Å²) < 4.78 is 11.3. The molecule has 0 saturated carbocycles. The number of anilines is 1. The summed E-state index contributed by atoms with van der Waals surface area (Å²) in [5.74, 6) is -0.427. The normalized spacial score (nSPS) is 21.1. The predicted molar refractivity (Wildman–Crippen MR) is 100 cm³/mol. The lowest BCUT2D eigenvalue weighted by atomic mass is 9.99. The van der Waals surface area contributed by atoms with E-state index in [2.05, 4.69) is 0 Å². The van der Waals surface area contributed by atoms with Gasteiger partial charge in [-0.1, -0.05) is 30.3 Å². The summed E-state index contributed by atoms with van der Waals surface area (Å²) in [5.41, 5.74) is 0.828. The number of nitrogens with zero attached hydrogens (tertiary/aromatic N) is 2. The van der Waals surface area contributed by atoms with Crippen LogP contribution >= 0.6 is 0 Å². The van der Waals surface area contributed by atoms with E-state index < -0.39 is 28.8 Å². The molecule has 27 heavy (non-hydrogen) atoms. The third-order valence-corrected chi connectivity index (χ3v) is 4.56. The topological polar surface area (TPSA) is 81.9 Å². The van der Waals surface area contributed by atoms with E-state index in [4.69, 9.17) is 9.47 Å². The van der Waals surface area contributed by atoms with Gasteiger partial charge in [0, 0.05) is 17.8 Å². The fourth-order valence-electron chi connectivity index (χ4n) is 3.48. The van der Waals surface area contributed by atoms with Crippen LogP contribution in [0.4, 0.5) is 11.4 Å². The Bertz CT molecular complexity index is 820. The van der Waals surface area contributed by atoms with E-state index in [1.807, 2.05) is 49.1 Å². The average Bonchev–Trinajstić information content (AvgIpc) is 2.94. The number of ether oxygens (including phenoxy) is 2. The Morgan fingerprint density at radius 2 is 1.81 bits per heavy atom. The minimum atomic E-state index is -0.811. The van der Waals surface area contributed by atoms with Gasteiger partial charge in [-0.3, -0.25) is 10.1 Å². The molecule has 2 unspecified atom stereocenters. The molecule has 3 rings (SSSR count). The Morgan fingerprint density at radius 1 is 1.19 bits per heavy atom. The fraction of sp³-hybridized carbons (Fsp3) is 0.350. The van der Waals surface area contributed by atoms with Crippen LogP contribution in [0.25, 0.3) is 0 Å². The smallest absolute Gasteiger partial charge is 0.337 e. The summed E-state index contributed by atoms with van der Waals surface area (Å²) in [4.78, 5) is 25.1. The molecule has 1 fully saturated rings. The van der Waals surface area contributed by atoms with Gasteiger partial charge in [0.15, 0.2) is 6.10 Å². The number of hydrogen-bond donors (Lipinski definition) is 0. The average molecular weight is 370 g/mol. The van der Waals surface area contributed by atoms with Crippen molar-refractivity contribution in [2.45, 2.75) is 38.6 Å². The van der Waals surface area contributed by atoms with Crippen LogP contribution < -0.4 is 4.90 Å². The largest absolute Gasteiger partial charge is 0.464 e. The molecule has 1 aliphatic heterocycles. The van der Waals surface area contributed by atoms with Crippen molar-refractivity contribution in [1.82, 2.24) is 0 Å². The number of rotatable bonds is 5. The van der Waals surface area contributed by atoms with Crippen LogP contribution in [-0.2, 0) is 14.3 Å². The van der Waals surface area contributed by atoms with Gasteiger partial charge in [0.05, 0.1) is 17.6 Å². The van der Waals surface area contributed by atoms with E-state index >= 15 is 0 Å². The van der Waals surface area contributed by atoms with Crippen molar-refractivity contribution in [3.05, 3.63) is 70.3 Å². The molecule has 1 aliphatic rings. The molecule has 7 nitrogen and oxygen atoms in total. The number of nitro groups is 1. The minimum Gasteiger partial charge on any atom is -0.464 e. The molecule has 7 heteroatoms. The van der Waals surface area contributed by atoms with Crippen molar-refractivity contribution >= 4 is 17.3 Å². The van der Waals surface area contributed by atoms with E-state index in [0.717, 1.165) is 11.3 Å². The highest BCUT2D eigenvalue weighted by Gasteiger charge is 2.51. The van der Waals surface area contributed by atoms with E-state index in [-0.39, 0.29) is 12.3 Å². The summed E-state index contributed by atoms with van der Waals surface area (Å²) in [6, 6.07) is 15.4. The molecule has 0 amide bonds. The van der Waals surface area contributed by atoms with Crippen LogP contribution in [0.2, 0.25) is 0 Å². The van der Waals surface area contributed by atoms with E-state index in [9.17, 15) is 14.9 Å². The molecule has 0 aliphatic carbocycles. The molecule has 0 aromatic heterocycles. The molecule has 2 aromatic rings. The maximum absolute atomic E-state index is 12.6. The van der Waals surface area contributed by atoms with Crippen molar-refractivity contribution in [3.8, 4) is 0 Å². The first-order valence-corrected chi connectivity index (χ1v) is 8.78. The van der Waals surface area contributed by atoms with E-state index in [0.29, 0.717) is 0 Å². The second-order valence-electron chi connectivity index (χ2n) is 6.74. The molecule has 1 saturated heterocycles. The molecule has 2 atom stereocenters. The third kappa shape index (κ3) is 3.64. The number of nitro benzene ring substituents is 1. The number of carbonyl (C=O) groups is 1. The van der Waals surface area contributed by atoms with Crippen LogP contribution in [0.1, 0.15) is 32.4 Å². The van der Waals surface area contributed by atoms with Crippen molar-refractivity contribution in [1.29, 1.82) is 0 Å². The zero-order valence-electron chi connectivity index (χ0n) is 15.5. The van der Waals surface area contributed by atoms with Crippen molar-refractivity contribution < 1.29 is 19.2 Å². The zero-order chi connectivity index (χ0) is 19.6. The van der Waals surface area contributed by atoms with Gasteiger partial charge in [0.1, 0.15) is 5.72 Å². The maximum Gasteiger partial charge on any atom is 0.337 e. The van der Waals surface area contributed by atoms with Crippen LogP contribution in [-0.4, -0.2) is 29.3 Å². The highest BCUT2D eigenvalue weighted by molar-refractivity contribution is 5.78. The van der Waals surface area contributed by atoms with Crippen LogP contribution in [0.15, 0.2) is 54.6 Å². The summed E-state index contributed by atoms with van der Waals surface area (Å²) in [6.07, 6.45) is -0.808. The van der Waals surface area contributed by atoms with Crippen molar-refractivity contribution in [3.63, 3.8) is 0 Å². The lowest BCUT2D eigenvalue weighted by Gasteiger charge is -2.35. The number of non-ortho nitro benzene ring substituents is 1. The standard InChI is InChI=1S/C20H22N2O5/c1-4-26-19(23)18-17(14-8-6-5-7-9-14)21(20(2,3)27-18)15-10-12-16(13-11-15)22(24)25/h5-13,17-18H,4H2,1-3H3. The van der Waals surface area contributed by atoms with Gasteiger partial charge in [-0.15, -0.1) is 0 Å². The first-order valence-electron chi connectivity index (χ1n) is 8.78. The van der Waals surface area contributed by atoms with Gasteiger partial charge in [-0.05, 0) is 38.5 Å². The van der Waals surface area contributed by atoms with Gasteiger partial charge in [-0.25, -0.2) is 4.79 Å². The summed E-state index contributed by atoms with van der Waals surface area (Å²) >= 11 is 0. The Labute approximate surface area is 157 Å². The lowest BCUT2D eigenvalue weighted by Crippen LogP contribution is -2.40.